The number of hydrogen-bond acceptors (Lipinski definition) is 4. The van der Waals surface area contributed by atoms with Gasteiger partial charge in [0.15, 0.2) is 5.69 Å². The van der Waals surface area contributed by atoms with E-state index >= 15 is 0 Å². The van der Waals surface area contributed by atoms with Crippen LogP contribution in [0.1, 0.15) is 43.4 Å². The van der Waals surface area contributed by atoms with Gasteiger partial charge in [0, 0.05) is 25.7 Å². The van der Waals surface area contributed by atoms with E-state index in [0.29, 0.717) is 12.2 Å². The Labute approximate surface area is 195 Å². The largest absolute Gasteiger partial charge is 0.357 e. The maximum atomic E-state index is 13.5. The highest BCUT2D eigenvalue weighted by Crippen LogP contribution is 2.29. The molecule has 1 aliphatic rings. The Balaban J connectivity index is 1.79. The first-order valence-electron chi connectivity index (χ1n) is 11.5. The van der Waals surface area contributed by atoms with E-state index in [1.165, 1.54) is 5.39 Å². The summed E-state index contributed by atoms with van der Waals surface area (Å²) in [6, 6.07) is 13.8. The van der Waals surface area contributed by atoms with E-state index in [1.54, 1.807) is 7.05 Å². The van der Waals surface area contributed by atoms with Crippen LogP contribution in [-0.2, 0) is 17.9 Å². The second-order valence-corrected chi connectivity index (χ2v) is 9.92. The van der Waals surface area contributed by atoms with Gasteiger partial charge in [-0.3, -0.25) is 9.59 Å². The second-order valence-electron chi connectivity index (χ2n) is 9.92. The number of nitrogens with zero attached hydrogens (tertiary/aromatic N) is 3. The van der Waals surface area contributed by atoms with Gasteiger partial charge in [0.05, 0.1) is 5.69 Å². The topological polar surface area (TPSA) is 79.3 Å². The van der Waals surface area contributed by atoms with Crippen molar-refractivity contribution in [3.63, 3.8) is 0 Å². The van der Waals surface area contributed by atoms with Gasteiger partial charge in [-0.05, 0) is 42.3 Å². The van der Waals surface area contributed by atoms with Crippen molar-refractivity contribution in [2.24, 2.45) is 5.41 Å². The predicted octanol–water partition coefficient (Wildman–Crippen LogP) is 3.43. The van der Waals surface area contributed by atoms with E-state index in [2.05, 4.69) is 57.5 Å². The molecule has 174 valence electrons. The number of carbonyl (C=O) groups is 2. The molecule has 3 aromatic rings. The van der Waals surface area contributed by atoms with Gasteiger partial charge in [-0.1, -0.05) is 57.2 Å². The molecule has 7 heteroatoms. The van der Waals surface area contributed by atoms with Crippen LogP contribution in [0.2, 0.25) is 0 Å². The minimum atomic E-state index is -0.667. The Kier molecular flexibility index (Phi) is 6.26. The van der Waals surface area contributed by atoms with Crippen molar-refractivity contribution in [2.75, 3.05) is 20.6 Å². The maximum absolute atomic E-state index is 13.5. The number of rotatable bonds is 4. The molecule has 1 aliphatic heterocycles. The number of benzene rings is 2. The van der Waals surface area contributed by atoms with E-state index < -0.39 is 11.5 Å². The van der Waals surface area contributed by atoms with Gasteiger partial charge in [-0.2, -0.15) is 0 Å². The van der Waals surface area contributed by atoms with Gasteiger partial charge >= 0.3 is 0 Å². The Morgan fingerprint density at radius 3 is 2.48 bits per heavy atom. The average Bonchev–Trinajstić information content (AvgIpc) is 3.02. The molecule has 33 heavy (non-hydrogen) atoms. The highest BCUT2D eigenvalue weighted by atomic mass is 16.2. The monoisotopic (exact) mass is 447 g/mol. The van der Waals surface area contributed by atoms with Crippen molar-refractivity contribution < 1.29 is 9.59 Å². The maximum Gasteiger partial charge on any atom is 0.272 e. The highest BCUT2D eigenvalue weighted by molar-refractivity contribution is 5.98. The number of amides is 2. The Morgan fingerprint density at radius 1 is 1.06 bits per heavy atom. The summed E-state index contributed by atoms with van der Waals surface area (Å²) < 4.78 is 2.18. The number of hydrogen-bond donors (Lipinski definition) is 2. The van der Waals surface area contributed by atoms with E-state index in [1.807, 2.05) is 32.9 Å². The normalized spacial score (nSPS) is 15.5. The van der Waals surface area contributed by atoms with Crippen molar-refractivity contribution in [3.05, 3.63) is 53.9 Å². The third kappa shape index (κ3) is 4.64. The zero-order chi connectivity index (χ0) is 23.8. The van der Waals surface area contributed by atoms with Crippen molar-refractivity contribution >= 4 is 22.6 Å². The molecular weight excluding hydrogens is 414 g/mol. The average molecular weight is 448 g/mol. The molecule has 0 saturated carbocycles. The lowest BCUT2D eigenvalue weighted by Crippen LogP contribution is -2.53. The molecule has 2 amide bonds. The number of nitrogens with one attached hydrogen (secondary N) is 2. The Bertz CT molecular complexity index is 1190. The number of carbonyl (C=O) groups excluding carboxylic acids is 2. The van der Waals surface area contributed by atoms with Gasteiger partial charge in [-0.15, -0.1) is 0 Å². The van der Waals surface area contributed by atoms with Crippen molar-refractivity contribution in [3.8, 4) is 11.4 Å². The fourth-order valence-corrected chi connectivity index (χ4v) is 4.47. The molecule has 2 N–H and O–H groups in total. The molecule has 0 spiro atoms. The van der Waals surface area contributed by atoms with Gasteiger partial charge in [0.1, 0.15) is 11.9 Å². The molecule has 0 saturated heterocycles. The van der Waals surface area contributed by atoms with Gasteiger partial charge in [0.2, 0.25) is 5.91 Å². The van der Waals surface area contributed by atoms with Crippen LogP contribution < -0.4 is 10.6 Å². The van der Waals surface area contributed by atoms with Crippen molar-refractivity contribution in [1.29, 1.82) is 0 Å². The van der Waals surface area contributed by atoms with Crippen LogP contribution in [0.4, 0.5) is 0 Å². The first-order valence-corrected chi connectivity index (χ1v) is 11.5. The van der Waals surface area contributed by atoms with E-state index in [9.17, 15) is 9.59 Å². The van der Waals surface area contributed by atoms with Crippen LogP contribution >= 0.6 is 0 Å². The van der Waals surface area contributed by atoms with Crippen LogP contribution in [0.15, 0.2) is 42.5 Å². The lowest BCUT2D eigenvalue weighted by Gasteiger charge is -2.29. The third-order valence-electron chi connectivity index (χ3n) is 6.29. The lowest BCUT2D eigenvalue weighted by molar-refractivity contribution is -0.124. The molecule has 1 atom stereocenters. The molecule has 0 radical (unpaired) electrons. The lowest BCUT2D eigenvalue weighted by atomic mass is 9.86. The smallest absolute Gasteiger partial charge is 0.272 e. The zero-order valence-corrected chi connectivity index (χ0v) is 20.1. The zero-order valence-electron chi connectivity index (χ0n) is 20.1. The summed E-state index contributed by atoms with van der Waals surface area (Å²) in [5, 5.41) is 7.93. The predicted molar refractivity (Wildman–Crippen MR) is 131 cm³/mol. The summed E-state index contributed by atoms with van der Waals surface area (Å²) in [5.41, 5.74) is 1.83. The molecule has 1 aromatic heterocycles. The summed E-state index contributed by atoms with van der Waals surface area (Å²) in [4.78, 5) is 33.1. The van der Waals surface area contributed by atoms with Crippen molar-refractivity contribution in [2.45, 2.75) is 46.3 Å². The van der Waals surface area contributed by atoms with Gasteiger partial charge in [0.25, 0.3) is 5.91 Å². The molecule has 7 nitrogen and oxygen atoms in total. The molecule has 0 aliphatic carbocycles. The third-order valence-corrected chi connectivity index (χ3v) is 6.29. The van der Waals surface area contributed by atoms with Crippen LogP contribution in [0.3, 0.4) is 0 Å². The summed E-state index contributed by atoms with van der Waals surface area (Å²) in [5.74, 6) is 0.265. The summed E-state index contributed by atoms with van der Waals surface area (Å²) in [6.45, 7) is 8.19. The first kappa shape index (κ1) is 23.0. The summed E-state index contributed by atoms with van der Waals surface area (Å²) >= 11 is 0. The minimum absolute atomic E-state index is 0.215. The number of imidazole rings is 1. The summed E-state index contributed by atoms with van der Waals surface area (Å²) in [7, 11) is 3.64. The summed E-state index contributed by atoms with van der Waals surface area (Å²) in [6.07, 6.45) is 0.977. The standard InChI is InChI=1S/C26H33N5O2/c1-26(2,3)22(25(33)27-4)29-24(32)21-20-16-30(5)13-8-14-31(20)23(28-21)19-12-11-17-9-6-7-10-18(17)15-19/h6-7,9-12,15,22H,8,13-14,16H2,1-5H3,(H,27,33)(H,29,32)/t22-/m1/s1. The molecule has 4 rings (SSSR count). The van der Waals surface area contributed by atoms with Crippen LogP contribution in [0.5, 0.6) is 0 Å². The Hall–Kier alpha value is -3.19. The Morgan fingerprint density at radius 2 is 1.79 bits per heavy atom. The number of fused-ring (bicyclic) bond motifs is 2. The fourth-order valence-electron chi connectivity index (χ4n) is 4.47. The molecule has 0 unspecified atom stereocenters. The molecular formula is C26H33N5O2. The van der Waals surface area contributed by atoms with Gasteiger partial charge < -0.3 is 20.1 Å². The number of aromatic nitrogens is 2. The van der Waals surface area contributed by atoms with Crippen LogP contribution in [0.25, 0.3) is 22.2 Å². The van der Waals surface area contributed by atoms with Crippen molar-refractivity contribution in [1.82, 2.24) is 25.1 Å². The quantitative estimate of drug-likeness (QED) is 0.642. The second kappa shape index (κ2) is 8.98. The highest BCUT2D eigenvalue weighted by Gasteiger charge is 2.34. The van der Waals surface area contributed by atoms with Crippen LogP contribution in [0, 0.1) is 5.41 Å². The van der Waals surface area contributed by atoms with E-state index in [0.717, 1.165) is 42.0 Å². The van der Waals surface area contributed by atoms with Crippen LogP contribution in [-0.4, -0.2) is 52.9 Å². The van der Waals surface area contributed by atoms with E-state index in [-0.39, 0.29) is 11.8 Å². The fraction of sp³-hybridized carbons (Fsp3) is 0.423. The molecule has 2 heterocycles. The molecule has 0 fully saturated rings. The SMILES string of the molecule is CNC(=O)[C@@H](NC(=O)c1nc(-c2ccc3ccccc3c2)n2c1CN(C)CCC2)C(C)(C)C. The van der Waals surface area contributed by atoms with Gasteiger partial charge in [-0.25, -0.2) is 4.98 Å². The first-order chi connectivity index (χ1) is 15.7. The molecule has 2 aromatic carbocycles. The van der Waals surface area contributed by atoms with E-state index in [4.69, 9.17) is 4.98 Å². The number of likely N-dealkylation sites (N-methyl/N-ethyl adjacent to an activating group) is 1. The molecule has 0 bridgehead atoms. The minimum Gasteiger partial charge on any atom is -0.357 e.